The molecule has 2 fully saturated rings. The van der Waals surface area contributed by atoms with E-state index in [-0.39, 0.29) is 6.10 Å². The maximum atomic E-state index is 10.2. The van der Waals surface area contributed by atoms with Crippen molar-refractivity contribution in [1.82, 2.24) is 10.2 Å². The fourth-order valence-corrected chi connectivity index (χ4v) is 3.13. The first-order chi connectivity index (χ1) is 8.33. The Morgan fingerprint density at radius 1 is 1.18 bits per heavy atom. The van der Waals surface area contributed by atoms with Crippen molar-refractivity contribution in [2.24, 2.45) is 11.8 Å². The van der Waals surface area contributed by atoms with Crippen molar-refractivity contribution in [3.8, 4) is 0 Å². The molecule has 17 heavy (non-hydrogen) atoms. The van der Waals surface area contributed by atoms with Crippen molar-refractivity contribution < 1.29 is 5.11 Å². The Balaban J connectivity index is 1.58. The molecule has 0 amide bonds. The predicted molar refractivity (Wildman–Crippen MR) is 67.7 cm³/mol. The summed E-state index contributed by atoms with van der Waals surface area (Å²) >= 11 is 0. The molecule has 0 aliphatic carbocycles. The van der Waals surface area contributed by atoms with E-state index in [2.05, 4.69) is 10.2 Å². The van der Waals surface area contributed by atoms with Gasteiger partial charge in [-0.1, -0.05) is 30.3 Å². The summed E-state index contributed by atoms with van der Waals surface area (Å²) in [6.45, 7) is 5.37. The molecule has 92 valence electrons. The summed E-state index contributed by atoms with van der Waals surface area (Å²) in [4.78, 5) is 2.41. The van der Waals surface area contributed by atoms with Gasteiger partial charge in [-0.25, -0.2) is 0 Å². The lowest BCUT2D eigenvalue weighted by Gasteiger charge is -2.21. The van der Waals surface area contributed by atoms with Gasteiger partial charge in [0.1, 0.15) is 0 Å². The largest absolute Gasteiger partial charge is 0.387 e. The van der Waals surface area contributed by atoms with E-state index < -0.39 is 0 Å². The molecule has 0 radical (unpaired) electrons. The maximum absolute atomic E-state index is 10.2. The van der Waals surface area contributed by atoms with Gasteiger partial charge in [-0.15, -0.1) is 0 Å². The minimum atomic E-state index is -0.344. The number of rotatable bonds is 3. The van der Waals surface area contributed by atoms with Crippen LogP contribution in [0, 0.1) is 11.8 Å². The second kappa shape index (κ2) is 4.77. The minimum Gasteiger partial charge on any atom is -0.387 e. The molecule has 3 nitrogen and oxygen atoms in total. The average molecular weight is 232 g/mol. The Bertz CT molecular complexity index is 356. The molecule has 1 aromatic carbocycles. The van der Waals surface area contributed by atoms with E-state index in [4.69, 9.17) is 0 Å². The first-order valence-electron chi connectivity index (χ1n) is 6.49. The highest BCUT2D eigenvalue weighted by Gasteiger charge is 2.36. The number of likely N-dealkylation sites (tertiary alicyclic amines) is 1. The van der Waals surface area contributed by atoms with Crippen LogP contribution in [0.25, 0.3) is 0 Å². The van der Waals surface area contributed by atoms with Crippen LogP contribution in [-0.4, -0.2) is 42.7 Å². The predicted octanol–water partition coefficient (Wildman–Crippen LogP) is 0.871. The van der Waals surface area contributed by atoms with E-state index in [1.165, 1.54) is 0 Å². The summed E-state index contributed by atoms with van der Waals surface area (Å²) in [5.41, 5.74) is 1.03. The Hall–Kier alpha value is -0.900. The monoisotopic (exact) mass is 232 g/mol. The van der Waals surface area contributed by atoms with E-state index in [0.717, 1.165) is 50.1 Å². The number of aliphatic hydroxyl groups excluding tert-OH is 1. The molecule has 0 bridgehead atoms. The van der Waals surface area contributed by atoms with Gasteiger partial charge in [0.05, 0.1) is 6.10 Å². The summed E-state index contributed by atoms with van der Waals surface area (Å²) in [5, 5.41) is 13.6. The molecular weight excluding hydrogens is 212 g/mol. The quantitative estimate of drug-likeness (QED) is 0.812. The zero-order valence-corrected chi connectivity index (χ0v) is 10.0. The van der Waals surface area contributed by atoms with Crippen LogP contribution >= 0.6 is 0 Å². The van der Waals surface area contributed by atoms with E-state index in [9.17, 15) is 5.11 Å². The fourth-order valence-electron chi connectivity index (χ4n) is 3.13. The SMILES string of the molecule is OC(CN1C[C@H]2CNC[C@H]2C1)c1ccccc1. The number of benzene rings is 1. The van der Waals surface area contributed by atoms with Crippen LogP contribution in [0.1, 0.15) is 11.7 Å². The molecule has 3 rings (SSSR count). The first kappa shape index (κ1) is 11.2. The second-order valence-corrected chi connectivity index (χ2v) is 5.32. The average Bonchev–Trinajstić information content (AvgIpc) is 2.90. The van der Waals surface area contributed by atoms with Gasteiger partial charge < -0.3 is 10.4 Å². The normalized spacial score (nSPS) is 30.4. The number of aliphatic hydroxyl groups is 1. The lowest BCUT2D eigenvalue weighted by atomic mass is 10.0. The molecule has 3 atom stereocenters. The molecule has 2 heterocycles. The van der Waals surface area contributed by atoms with Crippen molar-refractivity contribution in [3.05, 3.63) is 35.9 Å². The number of fused-ring (bicyclic) bond motifs is 1. The topological polar surface area (TPSA) is 35.5 Å². The van der Waals surface area contributed by atoms with Crippen LogP contribution in [0.2, 0.25) is 0 Å². The van der Waals surface area contributed by atoms with Crippen molar-refractivity contribution in [2.75, 3.05) is 32.7 Å². The van der Waals surface area contributed by atoms with Crippen LogP contribution < -0.4 is 5.32 Å². The molecule has 2 aliphatic rings. The second-order valence-electron chi connectivity index (χ2n) is 5.32. The molecule has 1 aromatic rings. The van der Waals surface area contributed by atoms with Crippen molar-refractivity contribution >= 4 is 0 Å². The van der Waals surface area contributed by atoms with E-state index in [0.29, 0.717) is 0 Å². The smallest absolute Gasteiger partial charge is 0.0916 e. The third kappa shape index (κ3) is 2.37. The molecule has 2 saturated heterocycles. The standard InChI is InChI=1S/C14H20N2O/c17-14(11-4-2-1-3-5-11)10-16-8-12-6-15-7-13(12)9-16/h1-5,12-15,17H,6-10H2/t12-,13+,14?. The number of hydrogen-bond donors (Lipinski definition) is 2. The van der Waals surface area contributed by atoms with E-state index in [1.807, 2.05) is 30.3 Å². The molecule has 3 heteroatoms. The van der Waals surface area contributed by atoms with Crippen molar-refractivity contribution in [1.29, 1.82) is 0 Å². The number of hydrogen-bond acceptors (Lipinski definition) is 3. The Labute approximate surface area is 102 Å². The van der Waals surface area contributed by atoms with E-state index in [1.54, 1.807) is 0 Å². The summed E-state index contributed by atoms with van der Waals surface area (Å²) in [6, 6.07) is 9.97. The molecule has 2 aliphatic heterocycles. The maximum Gasteiger partial charge on any atom is 0.0916 e. The highest BCUT2D eigenvalue weighted by molar-refractivity contribution is 5.17. The first-order valence-corrected chi connectivity index (χ1v) is 6.49. The Morgan fingerprint density at radius 3 is 2.47 bits per heavy atom. The Morgan fingerprint density at radius 2 is 1.82 bits per heavy atom. The molecule has 0 saturated carbocycles. The third-order valence-corrected chi connectivity index (χ3v) is 4.08. The molecule has 0 spiro atoms. The summed E-state index contributed by atoms with van der Waals surface area (Å²) in [5.74, 6) is 1.61. The summed E-state index contributed by atoms with van der Waals surface area (Å²) in [6.07, 6.45) is -0.344. The molecule has 2 N–H and O–H groups in total. The number of β-amino-alcohol motifs (C(OH)–C–C–N with tert-alkyl or cyclic N) is 1. The molecule has 0 aromatic heterocycles. The van der Waals surface area contributed by atoms with Crippen molar-refractivity contribution in [2.45, 2.75) is 6.10 Å². The number of nitrogens with zero attached hydrogens (tertiary/aromatic N) is 1. The third-order valence-electron chi connectivity index (χ3n) is 4.08. The minimum absolute atomic E-state index is 0.344. The van der Waals surface area contributed by atoms with Gasteiger partial charge in [-0.3, -0.25) is 4.90 Å². The highest BCUT2D eigenvalue weighted by atomic mass is 16.3. The molecular formula is C14H20N2O. The molecule has 1 unspecified atom stereocenters. The van der Waals surface area contributed by atoms with Crippen LogP contribution in [0.4, 0.5) is 0 Å². The van der Waals surface area contributed by atoms with Crippen LogP contribution in [0.3, 0.4) is 0 Å². The lowest BCUT2D eigenvalue weighted by Crippen LogP contribution is -2.29. The van der Waals surface area contributed by atoms with Gasteiger partial charge in [0, 0.05) is 19.6 Å². The lowest BCUT2D eigenvalue weighted by molar-refractivity contribution is 0.122. The van der Waals surface area contributed by atoms with Gasteiger partial charge in [-0.05, 0) is 30.5 Å². The highest BCUT2D eigenvalue weighted by Crippen LogP contribution is 2.27. The van der Waals surface area contributed by atoms with Gasteiger partial charge in [0.25, 0.3) is 0 Å². The van der Waals surface area contributed by atoms with Crippen molar-refractivity contribution in [3.63, 3.8) is 0 Å². The van der Waals surface area contributed by atoms with Crippen LogP contribution in [0.15, 0.2) is 30.3 Å². The number of nitrogens with one attached hydrogen (secondary N) is 1. The van der Waals surface area contributed by atoms with Crippen LogP contribution in [-0.2, 0) is 0 Å². The zero-order chi connectivity index (χ0) is 11.7. The van der Waals surface area contributed by atoms with Gasteiger partial charge in [0.15, 0.2) is 0 Å². The van der Waals surface area contributed by atoms with E-state index >= 15 is 0 Å². The summed E-state index contributed by atoms with van der Waals surface area (Å²) < 4.78 is 0. The van der Waals surface area contributed by atoms with Gasteiger partial charge in [0.2, 0.25) is 0 Å². The fraction of sp³-hybridized carbons (Fsp3) is 0.571. The van der Waals surface area contributed by atoms with Gasteiger partial charge in [-0.2, -0.15) is 0 Å². The summed E-state index contributed by atoms with van der Waals surface area (Å²) in [7, 11) is 0. The zero-order valence-electron chi connectivity index (χ0n) is 10.0. The van der Waals surface area contributed by atoms with Gasteiger partial charge >= 0.3 is 0 Å². The van der Waals surface area contributed by atoms with Crippen LogP contribution in [0.5, 0.6) is 0 Å². The Kier molecular flexibility index (Phi) is 3.14.